The molecule has 2 nitrogen and oxygen atoms in total. The number of phenolic OH excluding ortho intramolecular Hbond substituents is 1. The van der Waals surface area contributed by atoms with E-state index in [9.17, 15) is 9.50 Å². The molecule has 0 aliphatic heterocycles. The van der Waals surface area contributed by atoms with Crippen LogP contribution in [-0.4, -0.2) is 11.1 Å². The molecule has 0 saturated heterocycles. The van der Waals surface area contributed by atoms with Crippen LogP contribution in [0, 0.1) is 11.7 Å². The van der Waals surface area contributed by atoms with E-state index in [0.717, 1.165) is 5.92 Å². The van der Waals surface area contributed by atoms with Crippen LogP contribution in [0.3, 0.4) is 0 Å². The third-order valence-electron chi connectivity index (χ3n) is 4.01. The maximum Gasteiger partial charge on any atom is 0.123 e. The molecule has 0 radical (unpaired) electrons. The Kier molecular flexibility index (Phi) is 4.59. The van der Waals surface area contributed by atoms with Crippen LogP contribution in [-0.2, 0) is 6.54 Å². The number of halogens is 1. The van der Waals surface area contributed by atoms with Gasteiger partial charge in [0, 0.05) is 18.2 Å². The number of rotatable bonds is 4. The summed E-state index contributed by atoms with van der Waals surface area (Å²) in [5.41, 5.74) is 0.637. The lowest BCUT2D eigenvalue weighted by molar-refractivity contribution is 0.280. The molecule has 3 heteroatoms. The predicted octanol–water partition coefficient (Wildman–Crippen LogP) is 3.59. The molecule has 0 spiro atoms. The van der Waals surface area contributed by atoms with Crippen LogP contribution in [0.4, 0.5) is 4.39 Å². The van der Waals surface area contributed by atoms with Crippen LogP contribution in [0.1, 0.15) is 44.6 Å². The Hall–Kier alpha value is -1.09. The third kappa shape index (κ3) is 3.45. The third-order valence-corrected chi connectivity index (χ3v) is 4.01. The minimum absolute atomic E-state index is 0.166. The molecule has 2 rings (SSSR count). The first-order valence-electron chi connectivity index (χ1n) is 6.87. The van der Waals surface area contributed by atoms with Crippen molar-refractivity contribution in [2.75, 3.05) is 0 Å². The highest BCUT2D eigenvalue weighted by atomic mass is 19.1. The average Bonchev–Trinajstić information content (AvgIpc) is 2.40. The number of nitrogens with one attached hydrogen (secondary N) is 1. The van der Waals surface area contributed by atoms with Crippen molar-refractivity contribution in [3.8, 4) is 5.75 Å². The first-order valence-corrected chi connectivity index (χ1v) is 6.87. The molecule has 100 valence electrons. The van der Waals surface area contributed by atoms with Gasteiger partial charge in [0.25, 0.3) is 0 Å². The second-order valence-corrected chi connectivity index (χ2v) is 5.34. The quantitative estimate of drug-likeness (QED) is 0.857. The summed E-state index contributed by atoms with van der Waals surface area (Å²) in [7, 11) is 0. The first kappa shape index (κ1) is 13.3. The van der Waals surface area contributed by atoms with E-state index < -0.39 is 0 Å². The van der Waals surface area contributed by atoms with Gasteiger partial charge in [-0.3, -0.25) is 0 Å². The Balaban J connectivity index is 1.88. The second kappa shape index (κ2) is 6.19. The molecule has 1 aromatic carbocycles. The highest BCUT2D eigenvalue weighted by Crippen LogP contribution is 2.26. The second-order valence-electron chi connectivity index (χ2n) is 5.34. The summed E-state index contributed by atoms with van der Waals surface area (Å²) in [6.45, 7) is 2.72. The highest BCUT2D eigenvalue weighted by molar-refractivity contribution is 5.32. The van der Waals surface area contributed by atoms with E-state index in [1.807, 2.05) is 0 Å². The summed E-state index contributed by atoms with van der Waals surface area (Å²) >= 11 is 0. The molecule has 1 atom stereocenters. The molecule has 2 N–H and O–H groups in total. The topological polar surface area (TPSA) is 32.3 Å². The zero-order chi connectivity index (χ0) is 13.0. The Morgan fingerprint density at radius 1 is 1.33 bits per heavy atom. The van der Waals surface area contributed by atoms with Gasteiger partial charge in [0.2, 0.25) is 0 Å². The van der Waals surface area contributed by atoms with Crippen molar-refractivity contribution in [3.05, 3.63) is 29.6 Å². The van der Waals surface area contributed by atoms with E-state index in [2.05, 4.69) is 12.2 Å². The minimum Gasteiger partial charge on any atom is -0.508 e. The Bertz CT molecular complexity index is 388. The van der Waals surface area contributed by atoms with Crippen LogP contribution in [0.15, 0.2) is 18.2 Å². The first-order chi connectivity index (χ1) is 8.66. The SMILES string of the molecule is C[C@@H](NCc1cc(F)ccc1O)C1CCCCC1. The van der Waals surface area contributed by atoms with E-state index in [-0.39, 0.29) is 11.6 Å². The van der Waals surface area contributed by atoms with E-state index >= 15 is 0 Å². The van der Waals surface area contributed by atoms with Gasteiger partial charge in [-0.1, -0.05) is 19.3 Å². The largest absolute Gasteiger partial charge is 0.508 e. The van der Waals surface area contributed by atoms with Crippen LogP contribution < -0.4 is 5.32 Å². The summed E-state index contributed by atoms with van der Waals surface area (Å²) in [6, 6.07) is 4.52. The number of phenols is 1. The molecule has 1 saturated carbocycles. The molecule has 0 aromatic heterocycles. The Morgan fingerprint density at radius 2 is 2.06 bits per heavy atom. The molecular formula is C15H22FNO. The van der Waals surface area contributed by atoms with Crippen LogP contribution in [0.25, 0.3) is 0 Å². The average molecular weight is 251 g/mol. The lowest BCUT2D eigenvalue weighted by atomic mass is 9.84. The monoisotopic (exact) mass is 251 g/mol. The zero-order valence-corrected chi connectivity index (χ0v) is 11.0. The molecule has 1 aromatic rings. The maximum atomic E-state index is 13.1. The van der Waals surface area contributed by atoms with Crippen molar-refractivity contribution in [2.45, 2.75) is 51.6 Å². The van der Waals surface area contributed by atoms with Gasteiger partial charge in [-0.15, -0.1) is 0 Å². The molecule has 0 amide bonds. The van der Waals surface area contributed by atoms with Crippen LogP contribution >= 0.6 is 0 Å². The molecule has 0 unspecified atom stereocenters. The lowest BCUT2D eigenvalue weighted by Gasteiger charge is -2.28. The fourth-order valence-corrected chi connectivity index (χ4v) is 2.77. The fraction of sp³-hybridized carbons (Fsp3) is 0.600. The highest BCUT2D eigenvalue weighted by Gasteiger charge is 2.19. The van der Waals surface area contributed by atoms with Crippen LogP contribution in [0.2, 0.25) is 0 Å². The molecule has 1 aliphatic rings. The molecular weight excluding hydrogens is 229 g/mol. The number of hydrogen-bond donors (Lipinski definition) is 2. The fourth-order valence-electron chi connectivity index (χ4n) is 2.77. The van der Waals surface area contributed by atoms with Gasteiger partial charge >= 0.3 is 0 Å². The predicted molar refractivity (Wildman–Crippen MR) is 70.9 cm³/mol. The summed E-state index contributed by atoms with van der Waals surface area (Å²) < 4.78 is 13.1. The summed E-state index contributed by atoms with van der Waals surface area (Å²) in [6.07, 6.45) is 6.56. The Labute approximate surface area is 108 Å². The molecule has 1 aliphatic carbocycles. The lowest BCUT2D eigenvalue weighted by Crippen LogP contribution is -2.34. The number of benzene rings is 1. The van der Waals surface area contributed by atoms with E-state index in [4.69, 9.17) is 0 Å². The van der Waals surface area contributed by atoms with Crippen molar-refractivity contribution < 1.29 is 9.50 Å². The molecule has 18 heavy (non-hydrogen) atoms. The summed E-state index contributed by atoms with van der Waals surface area (Å²) in [4.78, 5) is 0. The van der Waals surface area contributed by atoms with Crippen molar-refractivity contribution in [3.63, 3.8) is 0 Å². The maximum absolute atomic E-state index is 13.1. The normalized spacial score (nSPS) is 18.8. The van der Waals surface area contributed by atoms with Gasteiger partial charge in [0.15, 0.2) is 0 Å². The Morgan fingerprint density at radius 3 is 2.78 bits per heavy atom. The van der Waals surface area contributed by atoms with E-state index in [0.29, 0.717) is 18.2 Å². The summed E-state index contributed by atoms with van der Waals surface area (Å²) in [5, 5.41) is 13.1. The molecule has 0 bridgehead atoms. The number of aromatic hydroxyl groups is 1. The van der Waals surface area contributed by atoms with E-state index in [1.165, 1.54) is 50.3 Å². The summed E-state index contributed by atoms with van der Waals surface area (Å²) in [5.74, 6) is 0.587. The number of hydrogen-bond acceptors (Lipinski definition) is 2. The minimum atomic E-state index is -0.296. The molecule has 0 heterocycles. The smallest absolute Gasteiger partial charge is 0.123 e. The van der Waals surface area contributed by atoms with Crippen molar-refractivity contribution >= 4 is 0 Å². The van der Waals surface area contributed by atoms with Gasteiger partial charge < -0.3 is 10.4 Å². The zero-order valence-electron chi connectivity index (χ0n) is 11.0. The molecule has 1 fully saturated rings. The van der Waals surface area contributed by atoms with Gasteiger partial charge in [-0.2, -0.15) is 0 Å². The van der Waals surface area contributed by atoms with Gasteiger partial charge in [-0.25, -0.2) is 4.39 Å². The van der Waals surface area contributed by atoms with Crippen molar-refractivity contribution in [1.82, 2.24) is 5.32 Å². The van der Waals surface area contributed by atoms with Crippen LogP contribution in [0.5, 0.6) is 5.75 Å². The van der Waals surface area contributed by atoms with Gasteiger partial charge in [0.1, 0.15) is 11.6 Å². The van der Waals surface area contributed by atoms with Crippen molar-refractivity contribution in [2.24, 2.45) is 5.92 Å². The van der Waals surface area contributed by atoms with Crippen molar-refractivity contribution in [1.29, 1.82) is 0 Å². The standard InChI is InChI=1S/C15H22FNO/c1-11(12-5-3-2-4-6-12)17-10-13-9-14(16)7-8-15(13)18/h7-9,11-12,17-18H,2-6,10H2,1H3/t11-/m1/s1. The van der Waals surface area contributed by atoms with Gasteiger partial charge in [0.05, 0.1) is 0 Å². The van der Waals surface area contributed by atoms with Gasteiger partial charge in [-0.05, 0) is 43.9 Å². The van der Waals surface area contributed by atoms with E-state index in [1.54, 1.807) is 0 Å².